The standard InChI is InChI=1S/C5H3BrNO/c6-4-1-2-5(8)7-3-4/h1,3H,(H,7,8). The lowest BCUT2D eigenvalue weighted by Crippen LogP contribution is -2.00. The summed E-state index contributed by atoms with van der Waals surface area (Å²) in [7, 11) is 0. The lowest BCUT2D eigenvalue weighted by Gasteiger charge is -1.81. The molecular formula is C5H3BrNO. The zero-order valence-corrected chi connectivity index (χ0v) is 5.53. The molecule has 0 aliphatic rings. The summed E-state index contributed by atoms with van der Waals surface area (Å²) in [5.41, 5.74) is -0.201. The van der Waals surface area contributed by atoms with Gasteiger partial charge in [0.2, 0.25) is 0 Å². The number of halogens is 1. The van der Waals surface area contributed by atoms with Crippen LogP contribution in [0, 0.1) is 6.07 Å². The summed E-state index contributed by atoms with van der Waals surface area (Å²) in [6.45, 7) is 0. The van der Waals surface area contributed by atoms with Gasteiger partial charge in [-0.3, -0.25) is 4.79 Å². The highest BCUT2D eigenvalue weighted by Crippen LogP contribution is 2.00. The Balaban J connectivity index is 3.22. The van der Waals surface area contributed by atoms with Gasteiger partial charge in [-0.25, -0.2) is 0 Å². The van der Waals surface area contributed by atoms with Gasteiger partial charge in [-0.2, -0.15) is 0 Å². The molecule has 0 saturated carbocycles. The van der Waals surface area contributed by atoms with Gasteiger partial charge in [-0.05, 0) is 22.0 Å². The first-order valence-corrected chi connectivity index (χ1v) is 2.84. The fourth-order valence-corrected chi connectivity index (χ4v) is 0.581. The summed E-state index contributed by atoms with van der Waals surface area (Å²) in [5.74, 6) is 0. The summed E-state index contributed by atoms with van der Waals surface area (Å²) in [6, 6.07) is 4.01. The van der Waals surface area contributed by atoms with Crippen LogP contribution in [-0.2, 0) is 0 Å². The topological polar surface area (TPSA) is 32.9 Å². The fraction of sp³-hybridized carbons (Fsp3) is 0. The van der Waals surface area contributed by atoms with Crippen molar-refractivity contribution < 1.29 is 0 Å². The van der Waals surface area contributed by atoms with E-state index in [0.29, 0.717) is 0 Å². The van der Waals surface area contributed by atoms with E-state index in [-0.39, 0.29) is 5.56 Å². The van der Waals surface area contributed by atoms with E-state index in [9.17, 15) is 4.79 Å². The monoisotopic (exact) mass is 172 g/mol. The lowest BCUT2D eigenvalue weighted by molar-refractivity contribution is 1.22. The van der Waals surface area contributed by atoms with E-state index in [0.717, 1.165) is 4.47 Å². The molecule has 0 atom stereocenters. The van der Waals surface area contributed by atoms with Gasteiger partial charge in [0, 0.05) is 10.7 Å². The fourth-order valence-electron chi connectivity index (χ4n) is 0.352. The van der Waals surface area contributed by atoms with E-state index in [1.165, 1.54) is 0 Å². The minimum absolute atomic E-state index is 0.201. The maximum absolute atomic E-state index is 10.3. The van der Waals surface area contributed by atoms with Crippen LogP contribution in [0.15, 0.2) is 21.5 Å². The highest BCUT2D eigenvalue weighted by atomic mass is 79.9. The molecule has 0 aliphatic heterocycles. The van der Waals surface area contributed by atoms with E-state index in [4.69, 9.17) is 0 Å². The molecule has 0 unspecified atom stereocenters. The van der Waals surface area contributed by atoms with Crippen LogP contribution < -0.4 is 5.56 Å². The molecule has 1 aromatic heterocycles. The first-order chi connectivity index (χ1) is 3.79. The van der Waals surface area contributed by atoms with Gasteiger partial charge in [0.1, 0.15) is 0 Å². The maximum Gasteiger partial charge on any atom is 0.256 e. The van der Waals surface area contributed by atoms with Gasteiger partial charge in [0.15, 0.2) is 0 Å². The quantitative estimate of drug-likeness (QED) is 0.622. The Morgan fingerprint density at radius 1 is 1.75 bits per heavy atom. The second-order valence-electron chi connectivity index (χ2n) is 1.29. The second kappa shape index (κ2) is 2.13. The van der Waals surface area contributed by atoms with Crippen molar-refractivity contribution in [2.24, 2.45) is 0 Å². The van der Waals surface area contributed by atoms with Crippen LogP contribution in [0.5, 0.6) is 0 Å². The van der Waals surface area contributed by atoms with E-state index in [2.05, 4.69) is 27.0 Å². The third kappa shape index (κ3) is 1.20. The molecule has 0 spiro atoms. The molecule has 1 heterocycles. The number of H-pyrrole nitrogens is 1. The van der Waals surface area contributed by atoms with Crippen LogP contribution >= 0.6 is 15.9 Å². The van der Waals surface area contributed by atoms with Crippen LogP contribution in [0.2, 0.25) is 0 Å². The van der Waals surface area contributed by atoms with E-state index in [1.807, 2.05) is 0 Å². The van der Waals surface area contributed by atoms with Crippen molar-refractivity contribution in [3.63, 3.8) is 0 Å². The number of nitrogens with one attached hydrogen (secondary N) is 1. The predicted molar refractivity (Wildman–Crippen MR) is 33.6 cm³/mol. The lowest BCUT2D eigenvalue weighted by atomic mass is 10.5. The van der Waals surface area contributed by atoms with Crippen molar-refractivity contribution >= 4 is 15.9 Å². The molecule has 1 radical (unpaired) electrons. The molecule has 0 amide bonds. The number of aromatic amines is 1. The molecule has 0 fully saturated rings. The zero-order chi connectivity index (χ0) is 5.98. The zero-order valence-electron chi connectivity index (χ0n) is 3.94. The van der Waals surface area contributed by atoms with Crippen molar-refractivity contribution in [3.05, 3.63) is 33.2 Å². The first-order valence-electron chi connectivity index (χ1n) is 2.05. The molecule has 8 heavy (non-hydrogen) atoms. The summed E-state index contributed by atoms with van der Waals surface area (Å²) in [5, 5.41) is 0. The Labute approximate surface area is 54.7 Å². The smallest absolute Gasteiger partial charge is 0.256 e. The molecule has 0 bridgehead atoms. The van der Waals surface area contributed by atoms with Crippen LogP contribution in [0.25, 0.3) is 0 Å². The Morgan fingerprint density at radius 2 is 2.50 bits per heavy atom. The van der Waals surface area contributed by atoms with Gasteiger partial charge < -0.3 is 4.98 Å². The van der Waals surface area contributed by atoms with Crippen molar-refractivity contribution in [1.82, 2.24) is 4.98 Å². The number of aromatic nitrogens is 1. The van der Waals surface area contributed by atoms with Crippen molar-refractivity contribution in [3.8, 4) is 0 Å². The molecule has 0 aromatic carbocycles. The largest absolute Gasteiger partial charge is 0.327 e. The van der Waals surface area contributed by atoms with Gasteiger partial charge in [0.25, 0.3) is 5.56 Å². The normalized spacial score (nSPS) is 9.12. The molecule has 41 valence electrons. The minimum atomic E-state index is -0.201. The Bertz CT molecular complexity index is 210. The Kier molecular flexibility index (Phi) is 1.48. The van der Waals surface area contributed by atoms with E-state index >= 15 is 0 Å². The minimum Gasteiger partial charge on any atom is -0.327 e. The number of hydrogen-bond donors (Lipinski definition) is 1. The highest BCUT2D eigenvalue weighted by molar-refractivity contribution is 9.10. The van der Waals surface area contributed by atoms with Gasteiger partial charge in [-0.15, -0.1) is 0 Å². The number of pyridine rings is 1. The average Bonchev–Trinajstić information content (AvgIpc) is 1.77. The molecule has 1 rings (SSSR count). The predicted octanol–water partition coefficient (Wildman–Crippen LogP) is 0.938. The van der Waals surface area contributed by atoms with Crippen molar-refractivity contribution in [2.45, 2.75) is 0 Å². The molecular weight excluding hydrogens is 170 g/mol. The maximum atomic E-state index is 10.3. The van der Waals surface area contributed by atoms with Crippen LogP contribution in [-0.4, -0.2) is 4.98 Å². The SMILES string of the molecule is O=c1[c]cc(Br)c[nH]1. The summed E-state index contributed by atoms with van der Waals surface area (Å²) < 4.78 is 0.831. The highest BCUT2D eigenvalue weighted by Gasteiger charge is 1.81. The summed E-state index contributed by atoms with van der Waals surface area (Å²) >= 11 is 3.14. The second-order valence-corrected chi connectivity index (χ2v) is 2.21. The first kappa shape index (κ1) is 5.56. The molecule has 1 aromatic rings. The third-order valence-electron chi connectivity index (χ3n) is 0.682. The number of hydrogen-bond acceptors (Lipinski definition) is 1. The van der Waals surface area contributed by atoms with Crippen LogP contribution in [0.4, 0.5) is 0 Å². The van der Waals surface area contributed by atoms with Gasteiger partial charge >= 0.3 is 0 Å². The summed E-state index contributed by atoms with van der Waals surface area (Å²) in [6.07, 6.45) is 1.57. The molecule has 2 nitrogen and oxygen atoms in total. The third-order valence-corrected chi connectivity index (χ3v) is 1.14. The molecule has 0 aliphatic carbocycles. The van der Waals surface area contributed by atoms with Crippen molar-refractivity contribution in [1.29, 1.82) is 0 Å². The Morgan fingerprint density at radius 3 is 2.88 bits per heavy atom. The van der Waals surface area contributed by atoms with Gasteiger partial charge in [0.05, 0.1) is 6.07 Å². The average molecular weight is 173 g/mol. The molecule has 1 N–H and O–H groups in total. The van der Waals surface area contributed by atoms with Crippen LogP contribution in [0.1, 0.15) is 0 Å². The van der Waals surface area contributed by atoms with E-state index < -0.39 is 0 Å². The summed E-state index contributed by atoms with van der Waals surface area (Å²) in [4.78, 5) is 12.7. The molecule has 0 saturated heterocycles. The Hall–Kier alpha value is -0.570. The number of rotatable bonds is 0. The van der Waals surface area contributed by atoms with E-state index in [1.54, 1.807) is 12.3 Å². The van der Waals surface area contributed by atoms with Gasteiger partial charge in [-0.1, -0.05) is 0 Å². The molecule has 3 heteroatoms. The van der Waals surface area contributed by atoms with Crippen molar-refractivity contribution in [2.75, 3.05) is 0 Å². The van der Waals surface area contributed by atoms with Crippen LogP contribution in [0.3, 0.4) is 0 Å².